The van der Waals surface area contributed by atoms with Gasteiger partial charge in [0.05, 0.1) is 12.5 Å². The normalized spacial score (nSPS) is 10.7. The Bertz CT molecular complexity index is 401. The molecule has 2 nitrogen and oxygen atoms in total. The highest BCUT2D eigenvalue weighted by atomic mass is 16.5. The van der Waals surface area contributed by atoms with Crippen molar-refractivity contribution in [2.45, 2.75) is 6.61 Å². The molecule has 0 bridgehead atoms. The maximum absolute atomic E-state index is 5.31. The lowest BCUT2D eigenvalue weighted by Gasteiger charge is -1.96. The number of hydrogen-bond acceptors (Lipinski definition) is 2. The molecule has 0 aliphatic rings. The summed E-state index contributed by atoms with van der Waals surface area (Å²) >= 11 is 0. The van der Waals surface area contributed by atoms with Gasteiger partial charge in [0.1, 0.15) is 12.4 Å². The quantitative estimate of drug-likeness (QED) is 0.705. The smallest absolute Gasteiger partial charge is 0.145 e. The summed E-state index contributed by atoms with van der Waals surface area (Å²) in [6.07, 6.45) is 5.24. The second-order valence-corrected chi connectivity index (χ2v) is 3.10. The number of hydrogen-bond donors (Lipinski definition) is 0. The van der Waals surface area contributed by atoms with Gasteiger partial charge in [0.25, 0.3) is 0 Å². The summed E-state index contributed by atoms with van der Waals surface area (Å²) < 4.78 is 10.4. The number of ether oxygens (including phenoxy) is 1. The van der Waals surface area contributed by atoms with Gasteiger partial charge in [-0.15, -0.1) is 0 Å². The van der Waals surface area contributed by atoms with Gasteiger partial charge in [-0.2, -0.15) is 0 Å². The molecule has 0 fully saturated rings. The SMILES string of the molecule is C(=Cc1ccccc1)OCc1ccco1. The monoisotopic (exact) mass is 200 g/mol. The van der Waals surface area contributed by atoms with E-state index in [0.29, 0.717) is 6.61 Å². The highest BCUT2D eigenvalue weighted by molar-refractivity contribution is 5.47. The summed E-state index contributed by atoms with van der Waals surface area (Å²) in [6.45, 7) is 0.469. The largest absolute Gasteiger partial charge is 0.493 e. The first-order valence-electron chi connectivity index (χ1n) is 4.81. The Balaban J connectivity index is 1.81. The van der Waals surface area contributed by atoms with Crippen molar-refractivity contribution in [2.24, 2.45) is 0 Å². The molecular weight excluding hydrogens is 188 g/mol. The van der Waals surface area contributed by atoms with Crippen LogP contribution in [0.15, 0.2) is 59.4 Å². The van der Waals surface area contributed by atoms with Gasteiger partial charge in [-0.05, 0) is 23.8 Å². The first kappa shape index (κ1) is 9.59. The number of benzene rings is 1. The van der Waals surface area contributed by atoms with E-state index in [4.69, 9.17) is 9.15 Å². The summed E-state index contributed by atoms with van der Waals surface area (Å²) in [4.78, 5) is 0. The van der Waals surface area contributed by atoms with Gasteiger partial charge in [0.2, 0.25) is 0 Å². The molecule has 0 atom stereocenters. The van der Waals surface area contributed by atoms with Crippen LogP contribution < -0.4 is 0 Å². The van der Waals surface area contributed by atoms with E-state index in [-0.39, 0.29) is 0 Å². The first-order chi connectivity index (χ1) is 7.45. The average Bonchev–Trinajstić information content (AvgIpc) is 2.79. The zero-order valence-electron chi connectivity index (χ0n) is 8.30. The number of rotatable bonds is 4. The molecule has 1 aromatic carbocycles. The maximum Gasteiger partial charge on any atom is 0.145 e. The first-order valence-corrected chi connectivity index (χ1v) is 4.81. The Morgan fingerprint density at radius 2 is 1.93 bits per heavy atom. The van der Waals surface area contributed by atoms with E-state index >= 15 is 0 Å². The fourth-order valence-corrected chi connectivity index (χ4v) is 1.22. The van der Waals surface area contributed by atoms with Gasteiger partial charge in [-0.25, -0.2) is 0 Å². The van der Waals surface area contributed by atoms with E-state index in [2.05, 4.69) is 0 Å². The lowest BCUT2D eigenvalue weighted by atomic mass is 10.2. The van der Waals surface area contributed by atoms with Crippen molar-refractivity contribution < 1.29 is 9.15 Å². The summed E-state index contributed by atoms with van der Waals surface area (Å²) in [5, 5.41) is 0. The summed E-state index contributed by atoms with van der Waals surface area (Å²) in [6, 6.07) is 13.7. The van der Waals surface area contributed by atoms with Crippen LogP contribution in [0, 0.1) is 0 Å². The number of furan rings is 1. The Kier molecular flexibility index (Phi) is 3.23. The van der Waals surface area contributed by atoms with Crippen LogP contribution in [0.3, 0.4) is 0 Å². The highest BCUT2D eigenvalue weighted by Gasteiger charge is 1.91. The van der Waals surface area contributed by atoms with Crippen LogP contribution in [0.1, 0.15) is 11.3 Å². The van der Waals surface area contributed by atoms with Crippen molar-refractivity contribution in [1.29, 1.82) is 0 Å². The molecular formula is C13H12O2. The minimum Gasteiger partial charge on any atom is -0.493 e. The Morgan fingerprint density at radius 1 is 1.07 bits per heavy atom. The van der Waals surface area contributed by atoms with Gasteiger partial charge in [0, 0.05) is 0 Å². The van der Waals surface area contributed by atoms with Crippen molar-refractivity contribution in [3.63, 3.8) is 0 Å². The molecule has 2 rings (SSSR count). The van der Waals surface area contributed by atoms with Crippen molar-refractivity contribution in [3.8, 4) is 0 Å². The molecule has 76 valence electrons. The third-order valence-electron chi connectivity index (χ3n) is 1.96. The van der Waals surface area contributed by atoms with Crippen LogP contribution in [-0.2, 0) is 11.3 Å². The van der Waals surface area contributed by atoms with E-state index < -0.39 is 0 Å². The molecule has 0 aliphatic heterocycles. The van der Waals surface area contributed by atoms with E-state index in [1.165, 1.54) is 0 Å². The highest BCUT2D eigenvalue weighted by Crippen LogP contribution is 2.04. The standard InChI is InChI=1S/C13H12O2/c1-2-5-12(6-3-1)8-10-14-11-13-7-4-9-15-13/h1-10H,11H2. The lowest BCUT2D eigenvalue weighted by molar-refractivity contribution is 0.212. The summed E-state index contributed by atoms with van der Waals surface area (Å²) in [5.74, 6) is 0.827. The van der Waals surface area contributed by atoms with Gasteiger partial charge in [-0.1, -0.05) is 30.3 Å². The second kappa shape index (κ2) is 5.05. The van der Waals surface area contributed by atoms with Crippen molar-refractivity contribution >= 4 is 6.08 Å². The fraction of sp³-hybridized carbons (Fsp3) is 0.0769. The molecule has 15 heavy (non-hydrogen) atoms. The van der Waals surface area contributed by atoms with Crippen LogP contribution in [0.2, 0.25) is 0 Å². The zero-order valence-corrected chi connectivity index (χ0v) is 8.30. The average molecular weight is 200 g/mol. The molecule has 0 spiro atoms. The topological polar surface area (TPSA) is 22.4 Å². The third-order valence-corrected chi connectivity index (χ3v) is 1.96. The molecule has 0 aliphatic carbocycles. The molecule has 1 heterocycles. The van der Waals surface area contributed by atoms with Crippen molar-refractivity contribution in [3.05, 3.63) is 66.3 Å². The lowest BCUT2D eigenvalue weighted by Crippen LogP contribution is -1.81. The van der Waals surface area contributed by atoms with E-state index in [9.17, 15) is 0 Å². The molecule has 0 unspecified atom stereocenters. The predicted octanol–water partition coefficient (Wildman–Crippen LogP) is 3.47. The van der Waals surface area contributed by atoms with Crippen LogP contribution in [-0.4, -0.2) is 0 Å². The molecule has 0 saturated heterocycles. The minimum absolute atomic E-state index is 0.469. The van der Waals surface area contributed by atoms with E-state index in [0.717, 1.165) is 11.3 Å². The fourth-order valence-electron chi connectivity index (χ4n) is 1.22. The molecule has 0 radical (unpaired) electrons. The van der Waals surface area contributed by atoms with Gasteiger partial charge in [0.15, 0.2) is 0 Å². The second-order valence-electron chi connectivity index (χ2n) is 3.10. The summed E-state index contributed by atoms with van der Waals surface area (Å²) in [7, 11) is 0. The van der Waals surface area contributed by atoms with Gasteiger partial charge in [-0.3, -0.25) is 0 Å². The van der Waals surface area contributed by atoms with Crippen LogP contribution in [0.4, 0.5) is 0 Å². The van der Waals surface area contributed by atoms with E-state index in [1.54, 1.807) is 12.5 Å². The predicted molar refractivity (Wildman–Crippen MR) is 59.0 cm³/mol. The van der Waals surface area contributed by atoms with Crippen molar-refractivity contribution in [2.75, 3.05) is 0 Å². The Morgan fingerprint density at radius 3 is 2.67 bits per heavy atom. The third kappa shape index (κ3) is 3.02. The van der Waals surface area contributed by atoms with E-state index in [1.807, 2.05) is 48.5 Å². The molecule has 0 amide bonds. The zero-order chi connectivity index (χ0) is 10.3. The van der Waals surface area contributed by atoms with Crippen LogP contribution >= 0.6 is 0 Å². The van der Waals surface area contributed by atoms with Crippen LogP contribution in [0.5, 0.6) is 0 Å². The van der Waals surface area contributed by atoms with Gasteiger partial charge < -0.3 is 9.15 Å². The van der Waals surface area contributed by atoms with Gasteiger partial charge >= 0.3 is 0 Å². The summed E-state index contributed by atoms with van der Waals surface area (Å²) in [5.41, 5.74) is 1.12. The molecule has 0 saturated carbocycles. The Hall–Kier alpha value is -1.96. The molecule has 2 heteroatoms. The Labute approximate surface area is 88.8 Å². The minimum atomic E-state index is 0.469. The molecule has 2 aromatic rings. The van der Waals surface area contributed by atoms with Crippen molar-refractivity contribution in [1.82, 2.24) is 0 Å². The van der Waals surface area contributed by atoms with Crippen LogP contribution in [0.25, 0.3) is 6.08 Å². The molecule has 0 N–H and O–H groups in total. The molecule has 1 aromatic heterocycles. The maximum atomic E-state index is 5.31.